The number of carbonyl (C=O) groups is 2. The zero-order valence-corrected chi connectivity index (χ0v) is 9.64. The van der Waals surface area contributed by atoms with Gasteiger partial charge in [0.2, 0.25) is 0 Å². The van der Waals surface area contributed by atoms with Crippen molar-refractivity contribution in [1.29, 1.82) is 0 Å². The van der Waals surface area contributed by atoms with E-state index in [1.807, 2.05) is 0 Å². The highest BCUT2D eigenvalue weighted by atomic mass is 16.6. The van der Waals surface area contributed by atoms with Gasteiger partial charge in [0, 0.05) is 6.42 Å². The van der Waals surface area contributed by atoms with Gasteiger partial charge in [-0.25, -0.2) is 9.59 Å². The van der Waals surface area contributed by atoms with Crippen LogP contribution in [-0.4, -0.2) is 51.5 Å². The predicted octanol–water partition coefficient (Wildman–Crippen LogP) is 0.441. The third-order valence-corrected chi connectivity index (χ3v) is 2.19. The van der Waals surface area contributed by atoms with Gasteiger partial charge in [0.05, 0.1) is 12.6 Å². The van der Waals surface area contributed by atoms with Crippen LogP contribution in [0.15, 0.2) is 0 Å². The van der Waals surface area contributed by atoms with Crippen molar-refractivity contribution in [1.82, 2.24) is 4.90 Å². The molecule has 0 spiro atoms. The van der Waals surface area contributed by atoms with Gasteiger partial charge >= 0.3 is 12.1 Å². The van der Waals surface area contributed by atoms with E-state index in [-0.39, 0.29) is 13.0 Å². The first-order chi connectivity index (χ1) is 7.20. The maximum Gasteiger partial charge on any atom is 0.411 e. The number of aliphatic hydroxyl groups is 1. The van der Waals surface area contributed by atoms with Crippen LogP contribution in [0.2, 0.25) is 0 Å². The number of hydrogen-bond acceptors (Lipinski definition) is 4. The van der Waals surface area contributed by atoms with Gasteiger partial charge < -0.3 is 14.9 Å². The van der Waals surface area contributed by atoms with E-state index in [1.54, 1.807) is 20.8 Å². The van der Waals surface area contributed by atoms with E-state index >= 15 is 0 Å². The summed E-state index contributed by atoms with van der Waals surface area (Å²) in [4.78, 5) is 23.6. The lowest BCUT2D eigenvalue weighted by Crippen LogP contribution is -2.43. The molecule has 1 fully saturated rings. The summed E-state index contributed by atoms with van der Waals surface area (Å²) in [6.45, 7) is 5.11. The zero-order chi connectivity index (χ0) is 12.5. The Morgan fingerprint density at radius 1 is 1.38 bits per heavy atom. The van der Waals surface area contributed by atoms with E-state index in [1.165, 1.54) is 0 Å². The minimum Gasteiger partial charge on any atom is -0.480 e. The smallest absolute Gasteiger partial charge is 0.411 e. The van der Waals surface area contributed by atoms with Gasteiger partial charge in [0.15, 0.2) is 0 Å². The quantitative estimate of drug-likeness (QED) is 0.683. The largest absolute Gasteiger partial charge is 0.480 e. The maximum atomic E-state index is 11.7. The van der Waals surface area contributed by atoms with Gasteiger partial charge in [0.1, 0.15) is 11.6 Å². The standard InChI is InChI=1S/C10H17NO5/c1-10(2,3)16-9(15)11-5-6(12)4-7(11)8(13)14/h6-7,12H,4-5H2,1-3H3,(H,13,14)/t6-,7+/m0/s1. The molecule has 1 amide bonds. The topological polar surface area (TPSA) is 87.1 Å². The summed E-state index contributed by atoms with van der Waals surface area (Å²) in [6.07, 6.45) is -1.45. The van der Waals surface area contributed by atoms with Crippen LogP contribution < -0.4 is 0 Å². The van der Waals surface area contributed by atoms with Gasteiger partial charge in [-0.3, -0.25) is 4.90 Å². The Labute approximate surface area is 93.8 Å². The van der Waals surface area contributed by atoms with Crippen molar-refractivity contribution < 1.29 is 24.5 Å². The Kier molecular flexibility index (Phi) is 3.42. The van der Waals surface area contributed by atoms with Crippen molar-refractivity contribution in [3.05, 3.63) is 0 Å². The summed E-state index contributed by atoms with van der Waals surface area (Å²) in [5.41, 5.74) is -0.673. The van der Waals surface area contributed by atoms with Crippen LogP contribution in [0.4, 0.5) is 4.79 Å². The molecule has 1 aliphatic heterocycles. The fourth-order valence-electron chi connectivity index (χ4n) is 1.57. The molecule has 6 heteroatoms. The van der Waals surface area contributed by atoms with Gasteiger partial charge in [0.25, 0.3) is 0 Å². The number of carbonyl (C=O) groups excluding carboxylic acids is 1. The SMILES string of the molecule is CC(C)(C)OC(=O)N1C[C@@H](O)C[C@@H]1C(=O)O. The molecule has 0 unspecified atom stereocenters. The lowest BCUT2D eigenvalue weighted by atomic mass is 10.2. The highest BCUT2D eigenvalue weighted by molar-refractivity contribution is 5.81. The molecule has 0 aliphatic carbocycles. The number of rotatable bonds is 1. The molecule has 0 radical (unpaired) electrons. The molecule has 0 aromatic heterocycles. The first-order valence-electron chi connectivity index (χ1n) is 5.11. The second-order valence-corrected chi connectivity index (χ2v) is 4.88. The number of carboxylic acids is 1. The van der Waals surface area contributed by atoms with Crippen LogP contribution in [0.5, 0.6) is 0 Å². The van der Waals surface area contributed by atoms with Gasteiger partial charge in [-0.1, -0.05) is 0 Å². The van der Waals surface area contributed by atoms with Crippen LogP contribution in [-0.2, 0) is 9.53 Å². The number of nitrogens with zero attached hydrogens (tertiary/aromatic N) is 1. The molecule has 0 aromatic rings. The fourth-order valence-corrected chi connectivity index (χ4v) is 1.57. The van der Waals surface area contributed by atoms with E-state index in [9.17, 15) is 14.7 Å². The molecule has 1 rings (SSSR count). The summed E-state index contributed by atoms with van der Waals surface area (Å²) < 4.78 is 5.06. The second kappa shape index (κ2) is 4.29. The van der Waals surface area contributed by atoms with Gasteiger partial charge in [-0.2, -0.15) is 0 Å². The lowest BCUT2D eigenvalue weighted by Gasteiger charge is -2.26. The molecule has 1 saturated heterocycles. The van der Waals surface area contributed by atoms with Crippen molar-refractivity contribution >= 4 is 12.1 Å². The number of hydrogen-bond donors (Lipinski definition) is 2. The first-order valence-corrected chi connectivity index (χ1v) is 5.11. The molecule has 92 valence electrons. The van der Waals surface area contributed by atoms with E-state index in [4.69, 9.17) is 9.84 Å². The van der Waals surface area contributed by atoms with Crippen molar-refractivity contribution in [2.45, 2.75) is 44.9 Å². The number of likely N-dealkylation sites (tertiary alicyclic amines) is 1. The Bertz CT molecular complexity index is 296. The summed E-state index contributed by atoms with van der Waals surface area (Å²) in [6, 6.07) is -0.996. The lowest BCUT2D eigenvalue weighted by molar-refractivity contribution is -0.142. The molecule has 2 N–H and O–H groups in total. The maximum absolute atomic E-state index is 11.7. The van der Waals surface area contributed by atoms with Gasteiger partial charge in [-0.05, 0) is 20.8 Å². The van der Waals surface area contributed by atoms with Gasteiger partial charge in [-0.15, -0.1) is 0 Å². The molecule has 0 aromatic carbocycles. The van der Waals surface area contributed by atoms with E-state index < -0.39 is 29.8 Å². The Morgan fingerprint density at radius 3 is 2.38 bits per heavy atom. The Balaban J connectivity index is 2.71. The van der Waals surface area contributed by atoms with Crippen molar-refractivity contribution in [2.24, 2.45) is 0 Å². The van der Waals surface area contributed by atoms with Crippen LogP contribution in [0.1, 0.15) is 27.2 Å². The number of aliphatic hydroxyl groups excluding tert-OH is 1. The minimum absolute atomic E-state index is 0.00583. The highest BCUT2D eigenvalue weighted by Gasteiger charge is 2.40. The molecule has 0 saturated carbocycles. The average Bonchev–Trinajstić information content (AvgIpc) is 2.44. The summed E-state index contributed by atoms with van der Waals surface area (Å²) in [7, 11) is 0. The molecule has 16 heavy (non-hydrogen) atoms. The van der Waals surface area contributed by atoms with Crippen molar-refractivity contribution in [2.75, 3.05) is 6.54 Å². The normalized spacial score (nSPS) is 25.6. The summed E-state index contributed by atoms with van der Waals surface area (Å²) in [5, 5.41) is 18.2. The molecular weight excluding hydrogens is 214 g/mol. The Hall–Kier alpha value is -1.30. The minimum atomic E-state index is -1.12. The van der Waals surface area contributed by atoms with Crippen LogP contribution in [0.25, 0.3) is 0 Å². The molecule has 2 atom stereocenters. The van der Waals surface area contributed by atoms with Crippen molar-refractivity contribution in [3.8, 4) is 0 Å². The molecule has 0 bridgehead atoms. The average molecular weight is 231 g/mol. The predicted molar refractivity (Wildman–Crippen MR) is 55.0 cm³/mol. The van der Waals surface area contributed by atoms with E-state index in [2.05, 4.69) is 0 Å². The third-order valence-electron chi connectivity index (χ3n) is 2.19. The van der Waals surface area contributed by atoms with E-state index in [0.717, 1.165) is 4.90 Å². The first kappa shape index (κ1) is 12.8. The fraction of sp³-hybridized carbons (Fsp3) is 0.800. The molecule has 6 nitrogen and oxygen atoms in total. The summed E-state index contributed by atoms with van der Waals surface area (Å²) in [5.74, 6) is -1.12. The van der Waals surface area contributed by atoms with Crippen LogP contribution in [0.3, 0.4) is 0 Å². The number of ether oxygens (including phenoxy) is 1. The third kappa shape index (κ3) is 3.10. The molecule has 1 aliphatic rings. The van der Waals surface area contributed by atoms with Crippen LogP contribution in [0, 0.1) is 0 Å². The second-order valence-electron chi connectivity index (χ2n) is 4.88. The van der Waals surface area contributed by atoms with E-state index in [0.29, 0.717) is 0 Å². The molecule has 1 heterocycles. The number of β-amino-alcohol motifs (C(OH)–C–C–N with tert-alkyl or cyclic N) is 1. The van der Waals surface area contributed by atoms with Crippen LogP contribution >= 0.6 is 0 Å². The summed E-state index contributed by atoms with van der Waals surface area (Å²) >= 11 is 0. The van der Waals surface area contributed by atoms with Crippen molar-refractivity contribution in [3.63, 3.8) is 0 Å². The zero-order valence-electron chi connectivity index (χ0n) is 9.64. The highest BCUT2D eigenvalue weighted by Crippen LogP contribution is 2.21. The monoisotopic (exact) mass is 231 g/mol. The molecular formula is C10H17NO5. The number of amides is 1. The Morgan fingerprint density at radius 2 is 1.94 bits per heavy atom. The number of carboxylic acid groups (broad SMARTS) is 1. The number of aliphatic carboxylic acids is 1.